The van der Waals surface area contributed by atoms with Gasteiger partial charge in [-0.05, 0) is 35.9 Å². The average molecular weight is 427 g/mol. The van der Waals surface area contributed by atoms with Gasteiger partial charge in [0.1, 0.15) is 5.82 Å². The van der Waals surface area contributed by atoms with E-state index in [4.69, 9.17) is 0 Å². The fourth-order valence-corrected chi connectivity index (χ4v) is 2.61. The highest BCUT2D eigenvalue weighted by molar-refractivity contribution is 9.10. The third-order valence-corrected chi connectivity index (χ3v) is 4.00. The molecule has 0 aliphatic carbocycles. The van der Waals surface area contributed by atoms with Gasteiger partial charge in [-0.2, -0.15) is 13.2 Å². The lowest BCUT2D eigenvalue weighted by Crippen LogP contribution is -2.11. The van der Waals surface area contributed by atoms with E-state index in [2.05, 4.69) is 37.2 Å². The summed E-state index contributed by atoms with van der Waals surface area (Å²) >= 11 is 6.21. The lowest BCUT2D eigenvalue weighted by molar-refractivity contribution is -0.137. The molecule has 0 aliphatic heterocycles. The summed E-state index contributed by atoms with van der Waals surface area (Å²) in [5, 5.41) is 2.73. The number of benzene rings is 2. The Morgan fingerprint density at radius 2 is 1.71 bits per heavy atom. The predicted octanol–water partition coefficient (Wildman–Crippen LogP) is 5.98. The second kappa shape index (κ2) is 6.36. The first-order chi connectivity index (χ1) is 9.77. The molecule has 0 aliphatic rings. The van der Waals surface area contributed by atoms with E-state index in [-0.39, 0.29) is 12.2 Å². The first-order valence-electron chi connectivity index (χ1n) is 5.82. The van der Waals surface area contributed by atoms with Gasteiger partial charge in [0, 0.05) is 21.2 Å². The van der Waals surface area contributed by atoms with Crippen LogP contribution in [0.25, 0.3) is 0 Å². The minimum absolute atomic E-state index is 0.0260. The summed E-state index contributed by atoms with van der Waals surface area (Å²) in [6.45, 7) is 0.144. The van der Waals surface area contributed by atoms with Gasteiger partial charge in [-0.15, -0.1) is 0 Å². The molecule has 21 heavy (non-hydrogen) atoms. The van der Waals surface area contributed by atoms with Gasteiger partial charge >= 0.3 is 6.18 Å². The minimum atomic E-state index is -4.45. The average Bonchev–Trinajstić information content (AvgIpc) is 2.38. The summed E-state index contributed by atoms with van der Waals surface area (Å²) in [5.41, 5.74) is -0.121. The molecule has 0 spiro atoms. The van der Waals surface area contributed by atoms with Crippen LogP contribution in [0.4, 0.5) is 23.2 Å². The first kappa shape index (κ1) is 16.3. The molecule has 2 rings (SSSR count). The van der Waals surface area contributed by atoms with Crippen molar-refractivity contribution < 1.29 is 17.6 Å². The third kappa shape index (κ3) is 4.20. The number of anilines is 1. The molecule has 7 heteroatoms. The molecule has 112 valence electrons. The summed E-state index contributed by atoms with van der Waals surface area (Å²) in [7, 11) is 0. The highest BCUT2D eigenvalue weighted by Crippen LogP contribution is 2.36. The van der Waals surface area contributed by atoms with E-state index >= 15 is 0 Å². The molecule has 2 aromatic carbocycles. The van der Waals surface area contributed by atoms with E-state index in [1.807, 2.05) is 0 Å². The maximum Gasteiger partial charge on any atom is 0.418 e. The molecule has 2 aromatic rings. The molecule has 0 amide bonds. The van der Waals surface area contributed by atoms with Gasteiger partial charge in [0.25, 0.3) is 0 Å². The van der Waals surface area contributed by atoms with Crippen LogP contribution in [0.2, 0.25) is 0 Å². The van der Waals surface area contributed by atoms with Crippen LogP contribution in [0.5, 0.6) is 0 Å². The van der Waals surface area contributed by atoms with E-state index in [0.29, 0.717) is 14.5 Å². The second-order valence-corrected chi connectivity index (χ2v) is 6.05. The van der Waals surface area contributed by atoms with Gasteiger partial charge in [-0.25, -0.2) is 4.39 Å². The summed E-state index contributed by atoms with van der Waals surface area (Å²) in [6, 6.07) is 7.93. The number of nitrogens with one attached hydrogen (secondary N) is 1. The molecule has 1 nitrogen and oxygen atoms in total. The highest BCUT2D eigenvalue weighted by Gasteiger charge is 2.33. The SMILES string of the molecule is Fc1ccc(CNc2ccc(Br)cc2C(F)(F)F)c(Br)c1. The Hall–Kier alpha value is -1.08. The topological polar surface area (TPSA) is 12.0 Å². The van der Waals surface area contributed by atoms with Gasteiger partial charge in [0.15, 0.2) is 0 Å². The Labute approximate surface area is 135 Å². The van der Waals surface area contributed by atoms with Crippen LogP contribution >= 0.6 is 31.9 Å². The Balaban J connectivity index is 2.24. The number of rotatable bonds is 3. The summed E-state index contributed by atoms with van der Waals surface area (Å²) in [6.07, 6.45) is -4.45. The Morgan fingerprint density at radius 1 is 1.00 bits per heavy atom. The van der Waals surface area contributed by atoms with Crippen LogP contribution in [0.1, 0.15) is 11.1 Å². The lowest BCUT2D eigenvalue weighted by atomic mass is 10.1. The molecule has 0 radical (unpaired) electrons. The largest absolute Gasteiger partial charge is 0.418 e. The zero-order valence-electron chi connectivity index (χ0n) is 10.4. The van der Waals surface area contributed by atoms with Crippen molar-refractivity contribution in [3.05, 3.63) is 62.3 Å². The standard InChI is InChI=1S/C14H9Br2F4N/c15-9-2-4-13(11(5-9)14(18,19)20)21-7-8-1-3-10(17)6-12(8)16/h1-6,21H,7H2. The van der Waals surface area contributed by atoms with E-state index in [0.717, 1.165) is 6.07 Å². The highest BCUT2D eigenvalue weighted by atomic mass is 79.9. The number of alkyl halides is 3. The van der Waals surface area contributed by atoms with Gasteiger partial charge in [0.2, 0.25) is 0 Å². The van der Waals surface area contributed by atoms with Crippen molar-refractivity contribution >= 4 is 37.5 Å². The molecule has 0 fully saturated rings. The van der Waals surface area contributed by atoms with Gasteiger partial charge in [-0.3, -0.25) is 0 Å². The summed E-state index contributed by atoms with van der Waals surface area (Å²) < 4.78 is 52.7. The van der Waals surface area contributed by atoms with E-state index in [1.54, 1.807) is 0 Å². The minimum Gasteiger partial charge on any atom is -0.380 e. The molecule has 0 bridgehead atoms. The predicted molar refractivity (Wildman–Crippen MR) is 80.6 cm³/mol. The Kier molecular flexibility index (Phi) is 4.93. The van der Waals surface area contributed by atoms with Gasteiger partial charge < -0.3 is 5.32 Å². The number of hydrogen-bond donors (Lipinski definition) is 1. The molecule has 1 N–H and O–H groups in total. The Bertz CT molecular complexity index is 656. The quantitative estimate of drug-likeness (QED) is 0.595. The van der Waals surface area contributed by atoms with Gasteiger partial charge in [-0.1, -0.05) is 37.9 Å². The summed E-state index contributed by atoms with van der Waals surface area (Å²) in [4.78, 5) is 0. The molecular weight excluding hydrogens is 418 g/mol. The van der Waals surface area contributed by atoms with Crippen molar-refractivity contribution in [1.82, 2.24) is 0 Å². The molecule has 0 heterocycles. The van der Waals surface area contributed by atoms with Crippen LogP contribution in [0.15, 0.2) is 45.3 Å². The lowest BCUT2D eigenvalue weighted by Gasteiger charge is -2.15. The molecule has 0 unspecified atom stereocenters. The van der Waals surface area contributed by atoms with Crippen molar-refractivity contribution in [3.63, 3.8) is 0 Å². The van der Waals surface area contributed by atoms with Crippen molar-refractivity contribution in [1.29, 1.82) is 0 Å². The third-order valence-electron chi connectivity index (χ3n) is 2.77. The van der Waals surface area contributed by atoms with Crippen molar-refractivity contribution in [2.75, 3.05) is 5.32 Å². The van der Waals surface area contributed by atoms with Crippen molar-refractivity contribution in [2.24, 2.45) is 0 Å². The van der Waals surface area contributed by atoms with Crippen LogP contribution in [0, 0.1) is 5.82 Å². The molecule has 0 aromatic heterocycles. The van der Waals surface area contributed by atoms with Crippen LogP contribution in [-0.4, -0.2) is 0 Å². The van der Waals surface area contributed by atoms with E-state index in [9.17, 15) is 17.6 Å². The normalized spacial score (nSPS) is 11.5. The van der Waals surface area contributed by atoms with Crippen LogP contribution in [0.3, 0.4) is 0 Å². The number of halogens is 6. The Morgan fingerprint density at radius 3 is 2.33 bits per heavy atom. The molecular formula is C14H9Br2F4N. The zero-order chi connectivity index (χ0) is 15.6. The maximum atomic E-state index is 13.0. The zero-order valence-corrected chi connectivity index (χ0v) is 13.6. The molecule has 0 saturated heterocycles. The monoisotopic (exact) mass is 425 g/mol. The molecule has 0 atom stereocenters. The second-order valence-electron chi connectivity index (χ2n) is 4.28. The maximum absolute atomic E-state index is 13.0. The van der Waals surface area contributed by atoms with Crippen LogP contribution < -0.4 is 5.32 Å². The van der Waals surface area contributed by atoms with Gasteiger partial charge in [0.05, 0.1) is 5.56 Å². The summed E-state index contributed by atoms with van der Waals surface area (Å²) in [5.74, 6) is -0.412. The molecule has 0 saturated carbocycles. The van der Waals surface area contributed by atoms with Crippen molar-refractivity contribution in [2.45, 2.75) is 12.7 Å². The van der Waals surface area contributed by atoms with E-state index in [1.165, 1.54) is 30.3 Å². The fraction of sp³-hybridized carbons (Fsp3) is 0.143. The van der Waals surface area contributed by atoms with Crippen molar-refractivity contribution in [3.8, 4) is 0 Å². The number of hydrogen-bond acceptors (Lipinski definition) is 1. The fourth-order valence-electron chi connectivity index (χ4n) is 1.76. The first-order valence-corrected chi connectivity index (χ1v) is 7.40. The smallest absolute Gasteiger partial charge is 0.380 e. The van der Waals surface area contributed by atoms with Crippen LogP contribution in [-0.2, 0) is 12.7 Å². The van der Waals surface area contributed by atoms with E-state index < -0.39 is 17.6 Å².